The number of unbranched alkanes of at least 4 members (excludes halogenated alkanes) is 3. The third-order valence-electron chi connectivity index (χ3n) is 5.60. The van der Waals surface area contributed by atoms with Gasteiger partial charge in [0, 0.05) is 11.5 Å². The molecule has 1 aliphatic carbocycles. The van der Waals surface area contributed by atoms with Crippen molar-refractivity contribution in [1.82, 2.24) is 0 Å². The molecule has 34 heavy (non-hydrogen) atoms. The van der Waals surface area contributed by atoms with Crippen LogP contribution in [0.5, 0.6) is 0 Å². The van der Waals surface area contributed by atoms with Crippen LogP contribution in [0.3, 0.4) is 0 Å². The second kappa shape index (κ2) is 20.3. The van der Waals surface area contributed by atoms with E-state index in [1.54, 1.807) is 0 Å². The summed E-state index contributed by atoms with van der Waals surface area (Å²) in [6.07, 6.45) is 10.1. The highest BCUT2D eigenvalue weighted by atomic mass is 32.2. The van der Waals surface area contributed by atoms with Gasteiger partial charge in [-0.05, 0) is 67.9 Å². The third-order valence-corrected chi connectivity index (χ3v) is 6.30. The normalized spacial score (nSPS) is 16.3. The highest BCUT2D eigenvalue weighted by molar-refractivity contribution is 7.95. The standard InChI is InChI=1S/C25H32O3S.5FH/c1-2-3-4-8-19-27-23-17-15-21(16-18-23)20-11-13-22(14-12-20)25(26)28-29-24-9-6-5-7-10-24;;;;;/h5-7,9-14,21,23H,2-4,8,15-19H2,1H3;5*1H/p-5. The van der Waals surface area contributed by atoms with Gasteiger partial charge in [0.15, 0.2) is 0 Å². The zero-order chi connectivity index (χ0) is 20.3. The summed E-state index contributed by atoms with van der Waals surface area (Å²) in [5.41, 5.74) is 1.92. The first-order chi connectivity index (χ1) is 14.3. The third kappa shape index (κ3) is 11.8. The van der Waals surface area contributed by atoms with Gasteiger partial charge in [-0.25, -0.2) is 4.79 Å². The summed E-state index contributed by atoms with van der Waals surface area (Å²) in [5, 5.41) is 0. The minimum Gasteiger partial charge on any atom is -1.00 e. The van der Waals surface area contributed by atoms with Gasteiger partial charge in [0.2, 0.25) is 0 Å². The first-order valence-electron chi connectivity index (χ1n) is 10.9. The molecule has 1 aliphatic rings. The molecule has 0 atom stereocenters. The second-order valence-electron chi connectivity index (χ2n) is 7.79. The Balaban J connectivity index is -0.00000192. The highest BCUT2D eigenvalue weighted by Crippen LogP contribution is 2.34. The predicted octanol–water partition coefficient (Wildman–Crippen LogP) is -7.81. The molecule has 196 valence electrons. The molecule has 2 aromatic carbocycles. The van der Waals surface area contributed by atoms with Crippen molar-refractivity contribution in [3.05, 3.63) is 65.7 Å². The molecule has 0 N–H and O–H groups in total. The maximum absolute atomic E-state index is 12.3. The fourth-order valence-electron chi connectivity index (χ4n) is 3.84. The van der Waals surface area contributed by atoms with E-state index >= 15 is 0 Å². The molecule has 0 spiro atoms. The molecule has 0 heterocycles. The van der Waals surface area contributed by atoms with Crippen LogP contribution in [0.4, 0.5) is 0 Å². The van der Waals surface area contributed by atoms with Crippen molar-refractivity contribution in [3.8, 4) is 0 Å². The quantitative estimate of drug-likeness (QED) is 0.182. The summed E-state index contributed by atoms with van der Waals surface area (Å²) in [6.45, 7) is 3.15. The van der Waals surface area contributed by atoms with Gasteiger partial charge in [-0.2, -0.15) is 0 Å². The lowest BCUT2D eigenvalue weighted by molar-refractivity contribution is -0.00100. The maximum Gasteiger partial charge on any atom is 0.350 e. The molecule has 2 aromatic rings. The maximum atomic E-state index is 12.3. The van der Waals surface area contributed by atoms with Crippen molar-refractivity contribution in [2.45, 2.75) is 75.2 Å². The summed E-state index contributed by atoms with van der Waals surface area (Å²) >= 11 is 1.10. The summed E-state index contributed by atoms with van der Waals surface area (Å²) in [6, 6.07) is 17.6. The van der Waals surface area contributed by atoms with Crippen LogP contribution in [0.25, 0.3) is 0 Å². The zero-order valence-electron chi connectivity index (χ0n) is 19.2. The van der Waals surface area contributed by atoms with Crippen molar-refractivity contribution in [3.63, 3.8) is 0 Å². The van der Waals surface area contributed by atoms with Crippen molar-refractivity contribution < 1.29 is 37.2 Å². The minimum atomic E-state index is -0.300. The summed E-state index contributed by atoms with van der Waals surface area (Å²) < 4.78 is 11.4. The Bertz CT molecular complexity index is 742. The molecule has 0 radical (unpaired) electrons. The van der Waals surface area contributed by atoms with E-state index in [1.807, 2.05) is 42.5 Å². The van der Waals surface area contributed by atoms with Crippen molar-refractivity contribution in [1.29, 1.82) is 0 Å². The number of halogens is 5. The number of ether oxygens (including phenoxy) is 1. The molecule has 9 heteroatoms. The Morgan fingerprint density at radius 1 is 0.824 bits per heavy atom. The smallest absolute Gasteiger partial charge is 0.350 e. The van der Waals surface area contributed by atoms with Gasteiger partial charge in [0.05, 0.1) is 23.7 Å². The fourth-order valence-corrected chi connectivity index (χ4v) is 4.38. The van der Waals surface area contributed by atoms with Crippen LogP contribution >= 0.6 is 12.0 Å². The van der Waals surface area contributed by atoms with E-state index in [0.29, 0.717) is 17.6 Å². The molecule has 0 amide bonds. The van der Waals surface area contributed by atoms with Crippen LogP contribution in [-0.2, 0) is 8.92 Å². The number of carbonyl (C=O) groups excluding carboxylic acids is 1. The Hall–Kier alpha value is -2.13. The van der Waals surface area contributed by atoms with E-state index in [0.717, 1.165) is 49.2 Å². The number of rotatable bonds is 10. The van der Waals surface area contributed by atoms with Crippen LogP contribution in [-0.4, -0.2) is 18.7 Å². The van der Waals surface area contributed by atoms with E-state index in [1.165, 1.54) is 31.2 Å². The van der Waals surface area contributed by atoms with E-state index in [2.05, 4.69) is 19.1 Å². The topological polar surface area (TPSA) is 35.5 Å². The van der Waals surface area contributed by atoms with Gasteiger partial charge in [-0.1, -0.05) is 56.5 Å². The number of benzene rings is 2. The van der Waals surface area contributed by atoms with E-state index in [9.17, 15) is 4.79 Å². The average Bonchev–Trinajstić information content (AvgIpc) is 2.78. The molecule has 0 bridgehead atoms. The second-order valence-corrected chi connectivity index (χ2v) is 8.60. The summed E-state index contributed by atoms with van der Waals surface area (Å²) in [4.78, 5) is 13.2. The van der Waals surface area contributed by atoms with Crippen molar-refractivity contribution in [2.75, 3.05) is 6.61 Å². The molecule has 3 nitrogen and oxygen atoms in total. The van der Waals surface area contributed by atoms with Crippen LogP contribution in [0, 0.1) is 0 Å². The van der Waals surface area contributed by atoms with Crippen LogP contribution < -0.4 is 23.5 Å². The Morgan fingerprint density at radius 2 is 1.44 bits per heavy atom. The molecular weight excluding hydrogens is 475 g/mol. The van der Waals surface area contributed by atoms with Crippen molar-refractivity contribution >= 4 is 18.0 Å². The summed E-state index contributed by atoms with van der Waals surface area (Å²) in [7, 11) is 0. The Labute approximate surface area is 203 Å². The van der Waals surface area contributed by atoms with Gasteiger partial charge in [-0.15, -0.1) is 0 Å². The molecule has 0 aliphatic heterocycles. The minimum absolute atomic E-state index is 0. The Morgan fingerprint density at radius 3 is 2.03 bits per heavy atom. The zero-order valence-corrected chi connectivity index (χ0v) is 20.1. The molecule has 0 aromatic heterocycles. The number of hydrogen-bond acceptors (Lipinski definition) is 4. The lowest BCUT2D eigenvalue weighted by atomic mass is 9.82. The van der Waals surface area contributed by atoms with Crippen LogP contribution in [0.2, 0.25) is 0 Å². The highest BCUT2D eigenvalue weighted by Gasteiger charge is 2.23. The molecule has 1 fully saturated rings. The first-order valence-corrected chi connectivity index (χ1v) is 11.7. The van der Waals surface area contributed by atoms with E-state index in [4.69, 9.17) is 8.92 Å². The largest absolute Gasteiger partial charge is 1.00 e. The van der Waals surface area contributed by atoms with E-state index in [-0.39, 0.29) is 29.5 Å². The molecule has 0 saturated heterocycles. The first kappa shape index (κ1) is 36.4. The van der Waals surface area contributed by atoms with Gasteiger partial charge < -0.3 is 32.4 Å². The van der Waals surface area contributed by atoms with Crippen molar-refractivity contribution in [2.24, 2.45) is 0 Å². The molecule has 3 rings (SSSR count). The predicted molar refractivity (Wildman–Crippen MR) is 119 cm³/mol. The monoisotopic (exact) mass is 507 g/mol. The van der Waals surface area contributed by atoms with Gasteiger partial charge in [0.25, 0.3) is 0 Å². The molecular formula is C25H32F5O3S-5. The lowest BCUT2D eigenvalue weighted by Crippen LogP contribution is -3.00. The Kier molecular flexibility index (Phi) is 21.7. The molecule has 1 saturated carbocycles. The average molecular weight is 508 g/mol. The fraction of sp³-hybridized carbons (Fsp3) is 0.480. The van der Waals surface area contributed by atoms with Gasteiger partial charge in [-0.3, -0.25) is 0 Å². The lowest BCUT2D eigenvalue weighted by Gasteiger charge is -2.29. The summed E-state index contributed by atoms with van der Waals surface area (Å²) in [5.74, 6) is 0.268. The SMILES string of the molecule is CCCCCCOC1CCC(c2ccc(C(=O)OSc3ccccc3)cc2)CC1.[F-].[F-].[F-].[F-].[F-]. The molecule has 0 unspecified atom stereocenters. The van der Waals surface area contributed by atoms with Gasteiger partial charge in [0.1, 0.15) is 0 Å². The van der Waals surface area contributed by atoms with Gasteiger partial charge >= 0.3 is 5.97 Å². The number of hydrogen-bond donors (Lipinski definition) is 0. The number of carbonyl (C=O) groups is 1. The van der Waals surface area contributed by atoms with Crippen LogP contribution in [0.15, 0.2) is 59.5 Å². The van der Waals surface area contributed by atoms with Crippen LogP contribution in [0.1, 0.15) is 80.1 Å². The van der Waals surface area contributed by atoms with E-state index < -0.39 is 0 Å².